The summed E-state index contributed by atoms with van der Waals surface area (Å²) < 4.78 is 23.9. The van der Waals surface area contributed by atoms with Crippen LogP contribution in [-0.2, 0) is 14.6 Å². The minimum Gasteiger partial charge on any atom is -0.480 e. The average molecular weight is 313 g/mol. The van der Waals surface area contributed by atoms with Gasteiger partial charge in [-0.15, -0.1) is 0 Å². The number of carbonyl (C=O) groups is 1. The van der Waals surface area contributed by atoms with Crippen molar-refractivity contribution >= 4 is 21.5 Å². The van der Waals surface area contributed by atoms with Gasteiger partial charge in [0.15, 0.2) is 9.84 Å². The van der Waals surface area contributed by atoms with Crippen molar-refractivity contribution < 1.29 is 18.3 Å². The number of hydrogen-bond acceptors (Lipinski definition) is 4. The molecular weight excluding hydrogens is 290 g/mol. The second-order valence-corrected chi connectivity index (χ2v) is 7.20. The van der Waals surface area contributed by atoms with Crippen molar-refractivity contribution in [1.82, 2.24) is 0 Å². The molecule has 1 unspecified atom stereocenters. The Hall–Kier alpha value is -1.56. The predicted octanol–water partition coefficient (Wildman–Crippen LogP) is 2.56. The van der Waals surface area contributed by atoms with Gasteiger partial charge < -0.3 is 10.0 Å². The van der Waals surface area contributed by atoms with Crippen LogP contribution in [0.4, 0.5) is 5.69 Å². The van der Waals surface area contributed by atoms with Gasteiger partial charge >= 0.3 is 5.97 Å². The highest BCUT2D eigenvalue weighted by Gasteiger charge is 2.18. The SMILES string of the molecule is CCCS(=O)(=O)c1ccc(N(CC(=O)O)C(C)CC)cc1. The highest BCUT2D eigenvalue weighted by atomic mass is 32.2. The van der Waals surface area contributed by atoms with Gasteiger partial charge in [-0.05, 0) is 44.0 Å². The Balaban J connectivity index is 3.05. The Morgan fingerprint density at radius 3 is 2.24 bits per heavy atom. The van der Waals surface area contributed by atoms with Crippen LogP contribution in [0.2, 0.25) is 0 Å². The van der Waals surface area contributed by atoms with Crippen molar-refractivity contribution in [2.45, 2.75) is 44.6 Å². The van der Waals surface area contributed by atoms with Crippen molar-refractivity contribution in [1.29, 1.82) is 0 Å². The number of nitrogens with zero attached hydrogens (tertiary/aromatic N) is 1. The summed E-state index contributed by atoms with van der Waals surface area (Å²) in [6, 6.07) is 6.53. The number of carboxylic acids is 1. The van der Waals surface area contributed by atoms with Gasteiger partial charge in [0.1, 0.15) is 6.54 Å². The van der Waals surface area contributed by atoms with E-state index in [1.807, 2.05) is 20.8 Å². The number of carboxylic acid groups (broad SMARTS) is 1. The van der Waals surface area contributed by atoms with E-state index in [0.717, 1.165) is 12.1 Å². The quantitative estimate of drug-likeness (QED) is 0.798. The molecule has 0 aliphatic heterocycles. The monoisotopic (exact) mass is 313 g/mol. The first-order valence-corrected chi connectivity index (χ1v) is 8.78. The summed E-state index contributed by atoms with van der Waals surface area (Å²) in [5, 5.41) is 9.01. The highest BCUT2D eigenvalue weighted by Crippen LogP contribution is 2.22. The number of benzene rings is 1. The van der Waals surface area contributed by atoms with Crippen molar-refractivity contribution in [2.75, 3.05) is 17.2 Å². The van der Waals surface area contributed by atoms with Crippen LogP contribution in [-0.4, -0.2) is 37.8 Å². The van der Waals surface area contributed by atoms with E-state index in [1.54, 1.807) is 29.2 Å². The lowest BCUT2D eigenvalue weighted by molar-refractivity contribution is -0.135. The highest BCUT2D eigenvalue weighted by molar-refractivity contribution is 7.91. The summed E-state index contributed by atoms with van der Waals surface area (Å²) in [6.07, 6.45) is 1.38. The van der Waals surface area contributed by atoms with Crippen LogP contribution in [0.25, 0.3) is 0 Å². The smallest absolute Gasteiger partial charge is 0.323 e. The summed E-state index contributed by atoms with van der Waals surface area (Å²) in [5.74, 6) is -0.783. The third kappa shape index (κ3) is 4.74. The van der Waals surface area contributed by atoms with Gasteiger partial charge in [0.2, 0.25) is 0 Å². The Bertz CT molecular complexity index is 566. The van der Waals surface area contributed by atoms with Crippen molar-refractivity contribution in [3.63, 3.8) is 0 Å². The van der Waals surface area contributed by atoms with Crippen LogP contribution in [0, 0.1) is 0 Å². The predicted molar refractivity (Wildman–Crippen MR) is 83.5 cm³/mol. The summed E-state index contributed by atoms with van der Waals surface area (Å²) in [7, 11) is -3.24. The lowest BCUT2D eigenvalue weighted by Gasteiger charge is -2.29. The van der Waals surface area contributed by atoms with Crippen LogP contribution in [0.15, 0.2) is 29.2 Å². The summed E-state index contributed by atoms with van der Waals surface area (Å²) in [5.41, 5.74) is 0.724. The second kappa shape index (κ2) is 7.45. The van der Waals surface area contributed by atoms with Gasteiger partial charge in [0.25, 0.3) is 0 Å². The third-order valence-electron chi connectivity index (χ3n) is 3.43. The largest absolute Gasteiger partial charge is 0.480 e. The van der Waals surface area contributed by atoms with E-state index >= 15 is 0 Å². The molecule has 1 rings (SSSR count). The van der Waals surface area contributed by atoms with Crippen LogP contribution >= 0.6 is 0 Å². The molecule has 0 aliphatic rings. The van der Waals surface area contributed by atoms with Gasteiger partial charge in [-0.25, -0.2) is 8.42 Å². The number of anilines is 1. The van der Waals surface area contributed by atoms with Gasteiger partial charge in [-0.1, -0.05) is 13.8 Å². The molecule has 5 nitrogen and oxygen atoms in total. The maximum absolute atomic E-state index is 12.0. The van der Waals surface area contributed by atoms with Gasteiger partial charge in [-0.2, -0.15) is 0 Å². The molecule has 0 bridgehead atoms. The number of hydrogen-bond donors (Lipinski definition) is 1. The molecule has 1 aromatic carbocycles. The lowest BCUT2D eigenvalue weighted by atomic mass is 10.2. The Labute approximate surface area is 126 Å². The van der Waals surface area contributed by atoms with E-state index in [0.29, 0.717) is 6.42 Å². The van der Waals surface area contributed by atoms with Crippen molar-refractivity contribution in [3.8, 4) is 0 Å². The molecule has 0 saturated carbocycles. The first kappa shape index (κ1) is 17.5. The van der Waals surface area contributed by atoms with Crippen LogP contribution in [0.5, 0.6) is 0 Å². The van der Waals surface area contributed by atoms with E-state index in [4.69, 9.17) is 5.11 Å². The van der Waals surface area contributed by atoms with Crippen LogP contribution in [0.1, 0.15) is 33.6 Å². The molecule has 1 N–H and O–H groups in total. The molecule has 1 atom stereocenters. The number of aliphatic carboxylic acids is 1. The summed E-state index contributed by atoms with van der Waals surface area (Å²) in [4.78, 5) is 13.0. The Morgan fingerprint density at radius 2 is 1.81 bits per heavy atom. The molecule has 21 heavy (non-hydrogen) atoms. The first-order valence-electron chi connectivity index (χ1n) is 7.13. The van der Waals surface area contributed by atoms with Gasteiger partial charge in [0, 0.05) is 11.7 Å². The topological polar surface area (TPSA) is 74.7 Å². The Kier molecular flexibility index (Phi) is 6.20. The van der Waals surface area contributed by atoms with E-state index < -0.39 is 15.8 Å². The van der Waals surface area contributed by atoms with E-state index in [2.05, 4.69) is 0 Å². The fourth-order valence-electron chi connectivity index (χ4n) is 2.10. The van der Waals surface area contributed by atoms with Crippen molar-refractivity contribution in [2.24, 2.45) is 0 Å². The number of rotatable bonds is 8. The van der Waals surface area contributed by atoms with Crippen molar-refractivity contribution in [3.05, 3.63) is 24.3 Å². The molecule has 0 amide bonds. The minimum absolute atomic E-state index is 0.0687. The zero-order valence-electron chi connectivity index (χ0n) is 12.7. The average Bonchev–Trinajstić information content (AvgIpc) is 2.44. The van der Waals surface area contributed by atoms with E-state index in [1.165, 1.54) is 0 Å². The maximum Gasteiger partial charge on any atom is 0.323 e. The van der Waals surface area contributed by atoms with Gasteiger partial charge in [0.05, 0.1) is 10.6 Å². The molecule has 6 heteroatoms. The molecule has 0 saturated heterocycles. The molecule has 0 spiro atoms. The lowest BCUT2D eigenvalue weighted by Crippen LogP contribution is -2.37. The molecular formula is C15H23NO4S. The fraction of sp³-hybridized carbons (Fsp3) is 0.533. The zero-order chi connectivity index (χ0) is 16.0. The molecule has 0 heterocycles. The van der Waals surface area contributed by atoms with E-state index in [9.17, 15) is 13.2 Å². The minimum atomic E-state index is -3.24. The third-order valence-corrected chi connectivity index (χ3v) is 5.36. The van der Waals surface area contributed by atoms with E-state index in [-0.39, 0.29) is 23.2 Å². The van der Waals surface area contributed by atoms with Gasteiger partial charge in [-0.3, -0.25) is 4.79 Å². The molecule has 118 valence electrons. The first-order chi connectivity index (χ1) is 9.81. The number of sulfone groups is 1. The maximum atomic E-state index is 12.0. The molecule has 0 aliphatic carbocycles. The fourth-order valence-corrected chi connectivity index (χ4v) is 3.42. The second-order valence-electron chi connectivity index (χ2n) is 5.09. The normalized spacial score (nSPS) is 12.9. The molecule has 0 aromatic heterocycles. The molecule has 1 aromatic rings. The molecule has 0 fully saturated rings. The van der Waals surface area contributed by atoms with Crippen LogP contribution in [0.3, 0.4) is 0 Å². The zero-order valence-corrected chi connectivity index (χ0v) is 13.6. The standard InChI is InChI=1S/C15H23NO4S/c1-4-10-21(19,20)14-8-6-13(7-9-14)16(11-15(17)18)12(3)5-2/h6-9,12H,4-5,10-11H2,1-3H3,(H,17,18). The van der Waals surface area contributed by atoms with Crippen LogP contribution < -0.4 is 4.90 Å². The summed E-state index contributed by atoms with van der Waals surface area (Å²) >= 11 is 0. The molecule has 0 radical (unpaired) electrons. The Morgan fingerprint density at radius 1 is 1.24 bits per heavy atom. The summed E-state index contributed by atoms with van der Waals surface area (Å²) in [6.45, 7) is 5.66.